The van der Waals surface area contributed by atoms with Crippen LogP contribution in [0.2, 0.25) is 0 Å². The minimum absolute atomic E-state index is 0.314. The Morgan fingerprint density at radius 2 is 1.95 bits per heavy atom. The van der Waals surface area contributed by atoms with E-state index in [2.05, 4.69) is 10.1 Å². The first-order valence-electron chi connectivity index (χ1n) is 7.64. The number of aromatic nitrogens is 2. The third kappa shape index (κ3) is 3.81. The van der Waals surface area contributed by atoms with Gasteiger partial charge in [0.25, 0.3) is 0 Å². The molecule has 0 aliphatic heterocycles. The number of ether oxygens (including phenoxy) is 2. The van der Waals surface area contributed by atoms with E-state index in [-0.39, 0.29) is 5.97 Å². The molecule has 6 heteroatoms. The van der Waals surface area contributed by atoms with Gasteiger partial charge in [-0.15, -0.1) is 0 Å². The summed E-state index contributed by atoms with van der Waals surface area (Å²) in [6, 6.07) is 0. The molecule has 0 aliphatic carbocycles. The lowest BCUT2D eigenvalue weighted by Gasteiger charge is -2.25. The monoisotopic (exact) mass is 298 g/mol. The Balaban J connectivity index is 3.05. The van der Waals surface area contributed by atoms with Crippen LogP contribution >= 0.6 is 0 Å². The normalized spacial score (nSPS) is 13.2. The fourth-order valence-electron chi connectivity index (χ4n) is 2.38. The quantitative estimate of drug-likeness (QED) is 0.652. The number of nitrogens with zero attached hydrogens (tertiary/aromatic N) is 2. The zero-order chi connectivity index (χ0) is 15.9. The Morgan fingerprint density at radius 1 is 1.29 bits per heavy atom. The van der Waals surface area contributed by atoms with E-state index in [1.807, 2.05) is 20.8 Å². The van der Waals surface area contributed by atoms with Crippen molar-refractivity contribution in [3.05, 3.63) is 11.7 Å². The lowest BCUT2D eigenvalue weighted by atomic mass is 9.96. The largest absolute Gasteiger partial charge is 0.465 e. The summed E-state index contributed by atoms with van der Waals surface area (Å²) in [7, 11) is 1.64. The van der Waals surface area contributed by atoms with E-state index in [9.17, 15) is 4.79 Å². The molecule has 6 nitrogen and oxygen atoms in total. The van der Waals surface area contributed by atoms with E-state index < -0.39 is 11.5 Å². The van der Waals surface area contributed by atoms with Gasteiger partial charge in [0.2, 0.25) is 11.7 Å². The minimum Gasteiger partial charge on any atom is -0.465 e. The van der Waals surface area contributed by atoms with Crippen molar-refractivity contribution in [2.75, 3.05) is 13.7 Å². The van der Waals surface area contributed by atoms with Crippen LogP contribution in [0.3, 0.4) is 0 Å². The molecule has 1 aromatic heterocycles. The van der Waals surface area contributed by atoms with Gasteiger partial charge >= 0.3 is 5.97 Å². The molecule has 1 rings (SSSR count). The number of carbonyl (C=O) groups is 1. The van der Waals surface area contributed by atoms with Crippen molar-refractivity contribution in [1.29, 1.82) is 0 Å². The van der Waals surface area contributed by atoms with E-state index >= 15 is 0 Å². The van der Waals surface area contributed by atoms with Crippen molar-refractivity contribution in [1.82, 2.24) is 10.1 Å². The maximum atomic E-state index is 12.0. The molecule has 0 saturated carbocycles. The summed E-state index contributed by atoms with van der Waals surface area (Å²) in [5.41, 5.74) is -0.562. The first kappa shape index (κ1) is 17.6. The van der Waals surface area contributed by atoms with Crippen molar-refractivity contribution >= 4 is 5.97 Å². The second-order valence-electron chi connectivity index (χ2n) is 4.96. The van der Waals surface area contributed by atoms with Crippen LogP contribution < -0.4 is 0 Å². The first-order chi connectivity index (χ1) is 10.1. The summed E-state index contributed by atoms with van der Waals surface area (Å²) >= 11 is 0. The maximum absolute atomic E-state index is 12.0. The van der Waals surface area contributed by atoms with Gasteiger partial charge in [0.05, 0.1) is 6.61 Å². The van der Waals surface area contributed by atoms with Gasteiger partial charge < -0.3 is 14.0 Å². The predicted molar refractivity (Wildman–Crippen MR) is 77.8 cm³/mol. The molecule has 120 valence electrons. The third-order valence-corrected chi connectivity index (χ3v) is 3.83. The van der Waals surface area contributed by atoms with Gasteiger partial charge in [0.1, 0.15) is 11.5 Å². The molecule has 0 N–H and O–H groups in total. The van der Waals surface area contributed by atoms with Gasteiger partial charge in [-0.2, -0.15) is 4.98 Å². The number of methoxy groups -OCH3 is 1. The third-order valence-electron chi connectivity index (χ3n) is 3.83. The van der Waals surface area contributed by atoms with E-state index in [4.69, 9.17) is 14.0 Å². The van der Waals surface area contributed by atoms with Crippen molar-refractivity contribution in [2.45, 2.75) is 64.9 Å². The zero-order valence-corrected chi connectivity index (χ0v) is 13.6. The lowest BCUT2D eigenvalue weighted by Crippen LogP contribution is -2.28. The Kier molecular flexibility index (Phi) is 6.81. The van der Waals surface area contributed by atoms with E-state index in [1.54, 1.807) is 14.0 Å². The molecule has 21 heavy (non-hydrogen) atoms. The van der Waals surface area contributed by atoms with E-state index in [0.717, 1.165) is 19.3 Å². The zero-order valence-electron chi connectivity index (χ0n) is 13.6. The van der Waals surface area contributed by atoms with Crippen LogP contribution in [0.4, 0.5) is 0 Å². The lowest BCUT2D eigenvalue weighted by molar-refractivity contribution is -0.145. The number of hydrogen-bond donors (Lipinski definition) is 0. The molecule has 1 atom stereocenters. The van der Waals surface area contributed by atoms with E-state index in [0.29, 0.717) is 24.7 Å². The Bertz CT molecular complexity index is 432. The average Bonchev–Trinajstić information content (AvgIpc) is 2.97. The van der Waals surface area contributed by atoms with Crippen LogP contribution in [0, 0.1) is 0 Å². The minimum atomic E-state index is -0.562. The smallest absolute Gasteiger partial charge is 0.318 e. The highest BCUT2D eigenvalue weighted by Gasteiger charge is 2.36. The second kappa shape index (κ2) is 8.12. The van der Waals surface area contributed by atoms with Crippen molar-refractivity contribution in [2.24, 2.45) is 0 Å². The molecular weight excluding hydrogens is 272 g/mol. The van der Waals surface area contributed by atoms with Crippen molar-refractivity contribution in [3.63, 3.8) is 0 Å². The topological polar surface area (TPSA) is 74.5 Å². The van der Waals surface area contributed by atoms with Gasteiger partial charge in [-0.25, -0.2) is 0 Å². The van der Waals surface area contributed by atoms with Crippen LogP contribution in [-0.2, 0) is 19.9 Å². The Morgan fingerprint density at radius 3 is 2.43 bits per heavy atom. The summed E-state index contributed by atoms with van der Waals surface area (Å²) in [5.74, 6) is -0.00550. The Labute approximate surface area is 126 Å². The highest BCUT2D eigenvalue weighted by molar-refractivity contribution is 5.76. The molecule has 0 radical (unpaired) electrons. The highest BCUT2D eigenvalue weighted by atomic mass is 16.5. The molecular formula is C15H26N2O4. The van der Waals surface area contributed by atoms with Gasteiger partial charge in [0.15, 0.2) is 0 Å². The molecule has 1 unspecified atom stereocenters. The van der Waals surface area contributed by atoms with Crippen LogP contribution in [-0.4, -0.2) is 29.8 Å². The molecule has 0 aromatic carbocycles. The van der Waals surface area contributed by atoms with Gasteiger partial charge in [-0.1, -0.05) is 32.3 Å². The molecule has 1 heterocycles. The van der Waals surface area contributed by atoms with Gasteiger partial charge in [0, 0.05) is 7.11 Å². The number of rotatable bonds is 9. The van der Waals surface area contributed by atoms with Gasteiger partial charge in [-0.05, 0) is 26.2 Å². The van der Waals surface area contributed by atoms with Gasteiger partial charge in [-0.3, -0.25) is 4.79 Å². The molecule has 0 aliphatic rings. The molecule has 0 bridgehead atoms. The SMILES string of the molecule is CCCC(C(=O)OCC)c1nc(C(CC)(CC)OC)no1. The average molecular weight is 298 g/mol. The van der Waals surface area contributed by atoms with Crippen molar-refractivity contribution in [3.8, 4) is 0 Å². The standard InChI is InChI=1S/C15H26N2O4/c1-6-10-11(13(18)20-9-4)12-16-14(17-21-12)15(7-2,8-3)19-5/h11H,6-10H2,1-5H3. The predicted octanol–water partition coefficient (Wildman–Crippen LogP) is 3.18. The fourth-order valence-corrected chi connectivity index (χ4v) is 2.38. The molecule has 0 spiro atoms. The number of carbonyl (C=O) groups excluding carboxylic acids is 1. The summed E-state index contributed by atoms with van der Waals surface area (Å²) in [6.07, 6.45) is 2.92. The fraction of sp³-hybridized carbons (Fsp3) is 0.800. The Hall–Kier alpha value is -1.43. The van der Waals surface area contributed by atoms with E-state index in [1.165, 1.54) is 0 Å². The first-order valence-corrected chi connectivity index (χ1v) is 7.64. The summed E-state index contributed by atoms with van der Waals surface area (Å²) in [5, 5.41) is 4.03. The highest BCUT2D eigenvalue weighted by Crippen LogP contribution is 2.32. The molecule has 0 amide bonds. The number of esters is 1. The van der Waals surface area contributed by atoms with Crippen molar-refractivity contribution < 1.29 is 18.8 Å². The summed E-state index contributed by atoms with van der Waals surface area (Å²) in [6.45, 7) is 8.15. The van der Waals surface area contributed by atoms with Crippen LogP contribution in [0.1, 0.15) is 71.0 Å². The molecule has 1 aromatic rings. The molecule has 0 saturated heterocycles. The van der Waals surface area contributed by atoms with Crippen LogP contribution in [0.5, 0.6) is 0 Å². The number of hydrogen-bond acceptors (Lipinski definition) is 6. The maximum Gasteiger partial charge on any atom is 0.318 e. The van der Waals surface area contributed by atoms with Crippen LogP contribution in [0.25, 0.3) is 0 Å². The molecule has 0 fully saturated rings. The summed E-state index contributed by atoms with van der Waals surface area (Å²) < 4.78 is 16.0. The van der Waals surface area contributed by atoms with Crippen LogP contribution in [0.15, 0.2) is 4.52 Å². The second-order valence-corrected chi connectivity index (χ2v) is 4.96. The summed E-state index contributed by atoms with van der Waals surface area (Å²) in [4.78, 5) is 16.4.